The maximum atomic E-state index is 4.54. The van der Waals surface area contributed by atoms with Crippen molar-refractivity contribution in [2.45, 2.75) is 19.9 Å². The fraction of sp³-hybridized carbons (Fsp3) is 0.176. The minimum absolute atomic E-state index is 0.214. The minimum Gasteiger partial charge on any atom is -0.378 e. The van der Waals surface area contributed by atoms with Gasteiger partial charge in [-0.25, -0.2) is 4.98 Å². The molecular formula is C17H17N3S. The number of nitrogens with one attached hydrogen (secondary N) is 1. The van der Waals surface area contributed by atoms with Gasteiger partial charge in [-0.3, -0.25) is 4.98 Å². The van der Waals surface area contributed by atoms with E-state index in [1.165, 1.54) is 5.56 Å². The third-order valence-corrected chi connectivity index (χ3v) is 4.12. The van der Waals surface area contributed by atoms with E-state index in [0.29, 0.717) is 0 Å². The molecule has 0 aliphatic rings. The van der Waals surface area contributed by atoms with Gasteiger partial charge in [-0.05, 0) is 37.6 Å². The number of thiazole rings is 1. The fourth-order valence-electron chi connectivity index (χ4n) is 2.23. The molecule has 1 unspecified atom stereocenters. The van der Waals surface area contributed by atoms with E-state index < -0.39 is 0 Å². The molecule has 2 aromatic heterocycles. The van der Waals surface area contributed by atoms with Gasteiger partial charge in [0.2, 0.25) is 0 Å². The molecule has 3 nitrogen and oxygen atoms in total. The van der Waals surface area contributed by atoms with Gasteiger partial charge in [-0.15, -0.1) is 11.3 Å². The molecule has 21 heavy (non-hydrogen) atoms. The molecule has 0 saturated heterocycles. The van der Waals surface area contributed by atoms with Gasteiger partial charge >= 0.3 is 0 Å². The van der Waals surface area contributed by atoms with Crippen molar-refractivity contribution in [3.8, 4) is 11.3 Å². The lowest BCUT2D eigenvalue weighted by Crippen LogP contribution is -2.06. The van der Waals surface area contributed by atoms with E-state index in [0.717, 1.165) is 22.0 Å². The average Bonchev–Trinajstić information content (AvgIpc) is 2.95. The van der Waals surface area contributed by atoms with Gasteiger partial charge in [-0.1, -0.05) is 18.2 Å². The van der Waals surface area contributed by atoms with Crippen molar-refractivity contribution in [3.05, 3.63) is 64.7 Å². The van der Waals surface area contributed by atoms with E-state index in [2.05, 4.69) is 57.9 Å². The third-order valence-electron chi connectivity index (χ3n) is 3.34. The number of benzene rings is 1. The van der Waals surface area contributed by atoms with Crippen LogP contribution in [0, 0.1) is 6.92 Å². The van der Waals surface area contributed by atoms with Crippen molar-refractivity contribution in [3.63, 3.8) is 0 Å². The molecule has 0 amide bonds. The van der Waals surface area contributed by atoms with Crippen LogP contribution in [-0.2, 0) is 0 Å². The van der Waals surface area contributed by atoms with Gasteiger partial charge in [-0.2, -0.15) is 0 Å². The molecule has 0 aliphatic heterocycles. The van der Waals surface area contributed by atoms with Crippen LogP contribution in [0.3, 0.4) is 0 Å². The van der Waals surface area contributed by atoms with Crippen molar-refractivity contribution < 1.29 is 0 Å². The second-order valence-corrected chi connectivity index (χ2v) is 6.05. The predicted molar refractivity (Wildman–Crippen MR) is 88.6 cm³/mol. The standard InChI is InChI=1S/C17H17N3S/c1-12(15-6-4-8-18-10-15)19-16-7-3-5-14(9-16)17-11-21-13(2)20-17/h3-12,19H,1-2H3. The quantitative estimate of drug-likeness (QED) is 0.759. The van der Waals surface area contributed by atoms with Gasteiger partial charge in [0.05, 0.1) is 16.7 Å². The molecule has 0 aliphatic carbocycles. The summed E-state index contributed by atoms with van der Waals surface area (Å²) in [5, 5.41) is 6.70. The Labute approximate surface area is 128 Å². The maximum Gasteiger partial charge on any atom is 0.0901 e. The van der Waals surface area contributed by atoms with Gasteiger partial charge in [0.15, 0.2) is 0 Å². The molecule has 0 radical (unpaired) electrons. The Morgan fingerprint density at radius 2 is 2.10 bits per heavy atom. The van der Waals surface area contributed by atoms with Crippen molar-refractivity contribution in [1.29, 1.82) is 0 Å². The maximum absolute atomic E-state index is 4.54. The summed E-state index contributed by atoms with van der Waals surface area (Å²) in [5.74, 6) is 0. The first-order valence-corrected chi connectivity index (χ1v) is 7.79. The number of hydrogen-bond acceptors (Lipinski definition) is 4. The van der Waals surface area contributed by atoms with Crippen LogP contribution in [0.5, 0.6) is 0 Å². The largest absolute Gasteiger partial charge is 0.378 e. The lowest BCUT2D eigenvalue weighted by atomic mass is 10.1. The Balaban J connectivity index is 1.80. The molecule has 0 fully saturated rings. The van der Waals surface area contributed by atoms with Crippen LogP contribution in [0.25, 0.3) is 11.3 Å². The Morgan fingerprint density at radius 3 is 2.81 bits per heavy atom. The van der Waals surface area contributed by atoms with Crippen LogP contribution in [-0.4, -0.2) is 9.97 Å². The molecule has 1 atom stereocenters. The number of rotatable bonds is 4. The number of hydrogen-bond donors (Lipinski definition) is 1. The highest BCUT2D eigenvalue weighted by atomic mass is 32.1. The summed E-state index contributed by atoms with van der Waals surface area (Å²) in [7, 11) is 0. The molecule has 1 aromatic carbocycles. The SMILES string of the molecule is Cc1nc(-c2cccc(NC(C)c3cccnc3)c2)cs1. The molecule has 0 spiro atoms. The van der Waals surface area contributed by atoms with Crippen LogP contribution >= 0.6 is 11.3 Å². The molecule has 2 heterocycles. The molecule has 0 bridgehead atoms. The monoisotopic (exact) mass is 295 g/mol. The third kappa shape index (κ3) is 3.28. The van der Waals surface area contributed by atoms with Crippen molar-refractivity contribution in [1.82, 2.24) is 9.97 Å². The number of aromatic nitrogens is 2. The molecule has 0 saturated carbocycles. The molecule has 4 heteroatoms. The Bertz CT molecular complexity index is 722. The van der Waals surface area contributed by atoms with Crippen molar-refractivity contribution in [2.75, 3.05) is 5.32 Å². The van der Waals surface area contributed by atoms with E-state index >= 15 is 0 Å². The predicted octanol–water partition coefficient (Wildman–Crippen LogP) is 4.69. The summed E-state index contributed by atoms with van der Waals surface area (Å²) < 4.78 is 0. The van der Waals surface area contributed by atoms with Crippen molar-refractivity contribution in [2.24, 2.45) is 0 Å². The average molecular weight is 295 g/mol. The summed E-state index contributed by atoms with van der Waals surface area (Å²) in [4.78, 5) is 8.71. The first-order chi connectivity index (χ1) is 10.2. The zero-order valence-electron chi connectivity index (χ0n) is 12.1. The topological polar surface area (TPSA) is 37.8 Å². The molecular weight excluding hydrogens is 278 g/mol. The molecule has 106 valence electrons. The molecule has 3 aromatic rings. The highest BCUT2D eigenvalue weighted by Crippen LogP contribution is 2.26. The highest BCUT2D eigenvalue weighted by molar-refractivity contribution is 7.09. The lowest BCUT2D eigenvalue weighted by Gasteiger charge is -2.15. The lowest BCUT2D eigenvalue weighted by molar-refractivity contribution is 0.876. The Hall–Kier alpha value is -2.20. The number of anilines is 1. The fourth-order valence-corrected chi connectivity index (χ4v) is 2.85. The number of aryl methyl sites for hydroxylation is 1. The van der Waals surface area contributed by atoms with Gasteiger partial charge in [0, 0.05) is 29.0 Å². The summed E-state index contributed by atoms with van der Waals surface area (Å²) in [5.41, 5.74) is 4.44. The number of pyridine rings is 1. The van der Waals surface area contributed by atoms with Gasteiger partial charge in [0.25, 0.3) is 0 Å². The molecule has 3 rings (SSSR count). The zero-order chi connectivity index (χ0) is 14.7. The van der Waals surface area contributed by atoms with Crippen LogP contribution in [0.15, 0.2) is 54.2 Å². The van der Waals surface area contributed by atoms with E-state index in [9.17, 15) is 0 Å². The minimum atomic E-state index is 0.214. The van der Waals surface area contributed by atoms with Gasteiger partial charge in [0.1, 0.15) is 0 Å². The Kier molecular flexibility index (Phi) is 3.97. The zero-order valence-corrected chi connectivity index (χ0v) is 12.9. The van der Waals surface area contributed by atoms with Crippen LogP contribution in [0.2, 0.25) is 0 Å². The summed E-state index contributed by atoms with van der Waals surface area (Å²) in [6.45, 7) is 4.16. The van der Waals surface area contributed by atoms with Crippen LogP contribution in [0.4, 0.5) is 5.69 Å². The normalized spacial score (nSPS) is 12.1. The summed E-state index contributed by atoms with van der Waals surface area (Å²) in [6, 6.07) is 12.6. The summed E-state index contributed by atoms with van der Waals surface area (Å²) >= 11 is 1.68. The Morgan fingerprint density at radius 1 is 1.19 bits per heavy atom. The molecule has 1 N–H and O–H groups in total. The van der Waals surface area contributed by atoms with Gasteiger partial charge < -0.3 is 5.32 Å². The second-order valence-electron chi connectivity index (χ2n) is 4.98. The van der Waals surface area contributed by atoms with Crippen molar-refractivity contribution >= 4 is 17.0 Å². The van der Waals surface area contributed by atoms with E-state index in [1.807, 2.05) is 19.2 Å². The van der Waals surface area contributed by atoms with Crippen LogP contribution in [0.1, 0.15) is 23.5 Å². The highest BCUT2D eigenvalue weighted by Gasteiger charge is 2.07. The first-order valence-electron chi connectivity index (χ1n) is 6.91. The van der Waals surface area contributed by atoms with E-state index in [1.54, 1.807) is 17.5 Å². The first kappa shape index (κ1) is 13.8. The number of nitrogens with zero attached hydrogens (tertiary/aromatic N) is 2. The second kappa shape index (κ2) is 6.06. The van der Waals surface area contributed by atoms with E-state index in [4.69, 9.17) is 0 Å². The van der Waals surface area contributed by atoms with E-state index in [-0.39, 0.29) is 6.04 Å². The van der Waals surface area contributed by atoms with Crippen LogP contribution < -0.4 is 5.32 Å². The summed E-state index contributed by atoms with van der Waals surface area (Å²) in [6.07, 6.45) is 3.69. The smallest absolute Gasteiger partial charge is 0.0901 e.